The number of carbonyl (C=O) groups is 1. The van der Waals surface area contributed by atoms with Crippen molar-refractivity contribution in [1.29, 1.82) is 5.26 Å². The Kier molecular flexibility index (Phi) is 6.37. The van der Waals surface area contributed by atoms with Crippen molar-refractivity contribution in [3.8, 4) is 32.8 Å². The van der Waals surface area contributed by atoms with Gasteiger partial charge in [-0.05, 0) is 72.6 Å². The predicted octanol–water partition coefficient (Wildman–Crippen LogP) is 6.69. The molecule has 3 aromatic rings. The number of nitriles is 1. The first-order chi connectivity index (χ1) is 16.1. The number of hydrogen-bond acceptors (Lipinski definition) is 5. The standard InChI is InChI=1S/C27H29N3O3S/c1-15(2)33-22-11-6-16(12-17(22)13-28)23-14-29-25(34-23)24-19-8-10-21(30-26(31)32)18(19)7-9-20(24)27(3,4)5/h6-7,9,11-12,14-15,21,30H,8,10H2,1-5H3,(H,31,32). The lowest BCUT2D eigenvalue weighted by Gasteiger charge is -2.25. The lowest BCUT2D eigenvalue weighted by molar-refractivity contribution is 0.190. The number of nitrogens with one attached hydrogen (secondary N) is 1. The summed E-state index contributed by atoms with van der Waals surface area (Å²) in [7, 11) is 0. The highest BCUT2D eigenvalue weighted by atomic mass is 32.1. The van der Waals surface area contributed by atoms with Gasteiger partial charge in [-0.25, -0.2) is 9.78 Å². The van der Waals surface area contributed by atoms with Crippen LogP contribution in [0.4, 0.5) is 4.79 Å². The number of carboxylic acid groups (broad SMARTS) is 1. The third-order valence-corrected chi connectivity index (χ3v) is 7.04. The Balaban J connectivity index is 1.79. The van der Waals surface area contributed by atoms with Crippen LogP contribution in [-0.2, 0) is 11.8 Å². The molecule has 176 valence electrons. The monoisotopic (exact) mass is 475 g/mol. The van der Waals surface area contributed by atoms with Gasteiger partial charge in [0.15, 0.2) is 0 Å². The average Bonchev–Trinajstić information content (AvgIpc) is 3.40. The average molecular weight is 476 g/mol. The number of hydrogen-bond donors (Lipinski definition) is 2. The maximum Gasteiger partial charge on any atom is 0.405 e. The van der Waals surface area contributed by atoms with Crippen molar-refractivity contribution in [2.24, 2.45) is 0 Å². The van der Waals surface area contributed by atoms with E-state index < -0.39 is 6.09 Å². The van der Waals surface area contributed by atoms with Gasteiger partial charge in [0.1, 0.15) is 16.8 Å². The van der Waals surface area contributed by atoms with E-state index in [0.717, 1.165) is 39.4 Å². The summed E-state index contributed by atoms with van der Waals surface area (Å²) in [6.45, 7) is 10.4. The molecule has 0 saturated heterocycles. The highest BCUT2D eigenvalue weighted by Gasteiger charge is 2.31. The summed E-state index contributed by atoms with van der Waals surface area (Å²) in [4.78, 5) is 17.1. The van der Waals surface area contributed by atoms with Gasteiger partial charge in [0.2, 0.25) is 0 Å². The summed E-state index contributed by atoms with van der Waals surface area (Å²) in [5, 5.41) is 22.4. The number of rotatable bonds is 5. The number of amides is 1. The van der Waals surface area contributed by atoms with E-state index in [4.69, 9.17) is 9.72 Å². The van der Waals surface area contributed by atoms with Crippen molar-refractivity contribution >= 4 is 17.4 Å². The van der Waals surface area contributed by atoms with Crippen molar-refractivity contribution in [3.05, 3.63) is 58.8 Å². The number of benzene rings is 2. The van der Waals surface area contributed by atoms with Crippen molar-refractivity contribution in [1.82, 2.24) is 10.3 Å². The van der Waals surface area contributed by atoms with Gasteiger partial charge in [-0.3, -0.25) is 0 Å². The Hall–Kier alpha value is -3.37. The predicted molar refractivity (Wildman–Crippen MR) is 134 cm³/mol. The number of nitrogens with zero attached hydrogens (tertiary/aromatic N) is 2. The first kappa shape index (κ1) is 23.8. The molecule has 0 radical (unpaired) electrons. The zero-order chi connectivity index (χ0) is 24.6. The second-order valence-corrected chi connectivity index (χ2v) is 10.9. The highest BCUT2D eigenvalue weighted by molar-refractivity contribution is 7.18. The van der Waals surface area contributed by atoms with Gasteiger partial charge in [0.25, 0.3) is 0 Å². The SMILES string of the molecule is CC(C)Oc1ccc(-c2cnc(-c3c(C(C)(C)C)ccc4c3CCC4NC(=O)O)s2)cc1C#N. The smallest absolute Gasteiger partial charge is 0.405 e. The molecule has 6 nitrogen and oxygen atoms in total. The van der Waals surface area contributed by atoms with Crippen LogP contribution < -0.4 is 10.1 Å². The quantitative estimate of drug-likeness (QED) is 0.429. The van der Waals surface area contributed by atoms with Crippen LogP contribution in [0.1, 0.15) is 69.3 Å². The first-order valence-electron chi connectivity index (χ1n) is 11.4. The van der Waals surface area contributed by atoms with E-state index in [0.29, 0.717) is 11.3 Å². The molecule has 1 aliphatic carbocycles. The molecular weight excluding hydrogens is 446 g/mol. The van der Waals surface area contributed by atoms with Crippen LogP contribution in [-0.4, -0.2) is 22.3 Å². The van der Waals surface area contributed by atoms with E-state index in [9.17, 15) is 15.2 Å². The second kappa shape index (κ2) is 9.11. The van der Waals surface area contributed by atoms with E-state index in [2.05, 4.69) is 44.3 Å². The van der Waals surface area contributed by atoms with E-state index in [-0.39, 0.29) is 17.6 Å². The van der Waals surface area contributed by atoms with Crippen LogP contribution in [0.5, 0.6) is 5.75 Å². The molecule has 0 spiro atoms. The Morgan fingerprint density at radius 1 is 1.29 bits per heavy atom. The lowest BCUT2D eigenvalue weighted by atomic mass is 9.81. The van der Waals surface area contributed by atoms with Crippen LogP contribution >= 0.6 is 11.3 Å². The minimum atomic E-state index is -1.01. The van der Waals surface area contributed by atoms with E-state index in [1.165, 1.54) is 11.1 Å². The van der Waals surface area contributed by atoms with E-state index in [1.54, 1.807) is 11.3 Å². The fourth-order valence-electron chi connectivity index (χ4n) is 4.52. The summed E-state index contributed by atoms with van der Waals surface area (Å²) >= 11 is 1.59. The molecule has 4 rings (SSSR count). The minimum Gasteiger partial charge on any atom is -0.490 e. The Morgan fingerprint density at radius 2 is 2.06 bits per heavy atom. The molecule has 1 heterocycles. The lowest BCUT2D eigenvalue weighted by Crippen LogP contribution is -2.25. The zero-order valence-electron chi connectivity index (χ0n) is 20.1. The molecule has 1 atom stereocenters. The molecule has 1 aliphatic rings. The summed E-state index contributed by atoms with van der Waals surface area (Å²) in [5.41, 5.74) is 5.83. The van der Waals surface area contributed by atoms with Crippen LogP contribution in [0.25, 0.3) is 21.0 Å². The minimum absolute atomic E-state index is 0.0107. The van der Waals surface area contributed by atoms with E-state index in [1.807, 2.05) is 38.2 Å². The maximum absolute atomic E-state index is 11.3. The van der Waals surface area contributed by atoms with Crippen LogP contribution in [0.15, 0.2) is 36.5 Å². The molecule has 0 saturated carbocycles. The molecule has 7 heteroatoms. The fourth-order valence-corrected chi connectivity index (χ4v) is 5.52. The number of aromatic nitrogens is 1. The summed E-state index contributed by atoms with van der Waals surface area (Å²) in [6.07, 6.45) is 2.38. The van der Waals surface area contributed by atoms with Gasteiger partial charge in [-0.1, -0.05) is 32.9 Å². The Bertz CT molecular complexity index is 1280. The molecule has 2 N–H and O–H groups in total. The topological polar surface area (TPSA) is 95.2 Å². The van der Waals surface area contributed by atoms with Crippen molar-refractivity contribution in [2.75, 3.05) is 0 Å². The van der Waals surface area contributed by atoms with Crippen LogP contribution in [0.3, 0.4) is 0 Å². The molecular formula is C27H29N3O3S. The fraction of sp³-hybridized carbons (Fsp3) is 0.370. The van der Waals surface area contributed by atoms with Gasteiger partial charge in [0.05, 0.1) is 22.6 Å². The Morgan fingerprint density at radius 3 is 2.71 bits per heavy atom. The molecule has 1 unspecified atom stereocenters. The molecule has 0 fully saturated rings. The van der Waals surface area contributed by atoms with Crippen LogP contribution in [0.2, 0.25) is 0 Å². The van der Waals surface area contributed by atoms with Gasteiger partial charge in [-0.15, -0.1) is 11.3 Å². The third-order valence-electron chi connectivity index (χ3n) is 5.98. The number of ether oxygens (including phenoxy) is 1. The third kappa shape index (κ3) is 4.64. The first-order valence-corrected chi connectivity index (χ1v) is 12.2. The van der Waals surface area contributed by atoms with Gasteiger partial charge >= 0.3 is 6.09 Å². The summed E-state index contributed by atoms with van der Waals surface area (Å²) < 4.78 is 5.76. The van der Waals surface area contributed by atoms with Gasteiger partial charge < -0.3 is 15.2 Å². The molecule has 1 amide bonds. The highest BCUT2D eigenvalue weighted by Crippen LogP contribution is 2.45. The maximum atomic E-state index is 11.3. The van der Waals surface area contributed by atoms with Crippen LogP contribution in [0, 0.1) is 11.3 Å². The molecule has 0 aliphatic heterocycles. The van der Waals surface area contributed by atoms with Gasteiger partial charge in [-0.2, -0.15) is 5.26 Å². The van der Waals surface area contributed by atoms with Gasteiger partial charge in [0, 0.05) is 11.8 Å². The number of thiazole rings is 1. The largest absolute Gasteiger partial charge is 0.490 e. The molecule has 34 heavy (non-hydrogen) atoms. The van der Waals surface area contributed by atoms with Crippen molar-refractivity contribution in [3.63, 3.8) is 0 Å². The zero-order valence-corrected chi connectivity index (χ0v) is 20.9. The normalized spacial score (nSPS) is 15.1. The number of fused-ring (bicyclic) bond motifs is 1. The summed E-state index contributed by atoms with van der Waals surface area (Å²) in [6, 6.07) is 11.9. The van der Waals surface area contributed by atoms with Crippen molar-refractivity contribution < 1.29 is 14.6 Å². The Labute approximate surface area is 204 Å². The molecule has 0 bridgehead atoms. The summed E-state index contributed by atoms with van der Waals surface area (Å²) in [5.74, 6) is 0.582. The van der Waals surface area contributed by atoms with E-state index >= 15 is 0 Å². The second-order valence-electron chi connectivity index (χ2n) is 9.87. The molecule has 1 aromatic heterocycles. The molecule has 2 aromatic carbocycles. The van der Waals surface area contributed by atoms with Crippen molar-refractivity contribution in [2.45, 2.75) is 65.0 Å².